The SMILES string of the molecule is CCCCCCCn1nnc(C(=O)O)c1C1CCC1. The molecular formula is C14H23N3O2. The number of aromatic nitrogens is 3. The molecule has 1 saturated carbocycles. The summed E-state index contributed by atoms with van der Waals surface area (Å²) in [7, 11) is 0. The molecule has 5 nitrogen and oxygen atoms in total. The van der Waals surface area contributed by atoms with Crippen LogP contribution in [0.3, 0.4) is 0 Å². The molecule has 5 heteroatoms. The zero-order valence-corrected chi connectivity index (χ0v) is 11.6. The lowest BCUT2D eigenvalue weighted by Crippen LogP contribution is -2.18. The van der Waals surface area contributed by atoms with Crippen molar-refractivity contribution in [2.75, 3.05) is 0 Å². The lowest BCUT2D eigenvalue weighted by Gasteiger charge is -2.26. The van der Waals surface area contributed by atoms with Crippen molar-refractivity contribution in [3.05, 3.63) is 11.4 Å². The molecule has 0 amide bonds. The van der Waals surface area contributed by atoms with Gasteiger partial charge in [0.25, 0.3) is 0 Å². The van der Waals surface area contributed by atoms with Gasteiger partial charge in [0.1, 0.15) is 0 Å². The van der Waals surface area contributed by atoms with Gasteiger partial charge in [-0.3, -0.25) is 0 Å². The molecule has 0 unspecified atom stereocenters. The van der Waals surface area contributed by atoms with Crippen molar-refractivity contribution in [1.29, 1.82) is 0 Å². The van der Waals surface area contributed by atoms with Crippen LogP contribution in [0, 0.1) is 0 Å². The lowest BCUT2D eigenvalue weighted by atomic mass is 9.82. The van der Waals surface area contributed by atoms with E-state index in [1.807, 2.05) is 4.68 Å². The normalized spacial score (nSPS) is 15.4. The molecule has 0 spiro atoms. The van der Waals surface area contributed by atoms with Crippen molar-refractivity contribution in [2.24, 2.45) is 0 Å². The van der Waals surface area contributed by atoms with Crippen molar-refractivity contribution >= 4 is 5.97 Å². The van der Waals surface area contributed by atoms with Crippen molar-refractivity contribution in [1.82, 2.24) is 15.0 Å². The molecular weight excluding hydrogens is 242 g/mol. The molecule has 0 bridgehead atoms. The van der Waals surface area contributed by atoms with Crippen LogP contribution in [0.15, 0.2) is 0 Å². The highest BCUT2D eigenvalue weighted by Gasteiger charge is 2.30. The summed E-state index contributed by atoms with van der Waals surface area (Å²) in [6, 6.07) is 0. The first kappa shape index (κ1) is 14.0. The second-order valence-electron chi connectivity index (χ2n) is 5.39. The Labute approximate surface area is 114 Å². The fourth-order valence-corrected chi connectivity index (χ4v) is 2.59. The fraction of sp³-hybridized carbons (Fsp3) is 0.786. The molecule has 1 aliphatic rings. The number of aromatic carboxylic acids is 1. The Hall–Kier alpha value is -1.39. The molecule has 0 saturated heterocycles. The van der Waals surface area contributed by atoms with E-state index < -0.39 is 5.97 Å². The Kier molecular flexibility index (Phi) is 4.93. The largest absolute Gasteiger partial charge is 0.476 e. The van der Waals surface area contributed by atoms with Crippen LogP contribution in [-0.2, 0) is 6.54 Å². The van der Waals surface area contributed by atoms with Crippen LogP contribution in [0.2, 0.25) is 0 Å². The van der Waals surface area contributed by atoms with Crippen LogP contribution in [0.4, 0.5) is 0 Å². The summed E-state index contributed by atoms with van der Waals surface area (Å²) >= 11 is 0. The summed E-state index contributed by atoms with van der Waals surface area (Å²) < 4.78 is 1.83. The van der Waals surface area contributed by atoms with Crippen molar-refractivity contribution in [3.8, 4) is 0 Å². The number of aryl methyl sites for hydroxylation is 1. The van der Waals surface area contributed by atoms with Crippen molar-refractivity contribution in [2.45, 2.75) is 70.8 Å². The van der Waals surface area contributed by atoms with Crippen LogP contribution in [0.25, 0.3) is 0 Å². The minimum absolute atomic E-state index is 0.165. The first-order valence-electron chi connectivity index (χ1n) is 7.40. The van der Waals surface area contributed by atoms with Gasteiger partial charge in [-0.1, -0.05) is 44.2 Å². The van der Waals surface area contributed by atoms with Crippen LogP contribution >= 0.6 is 0 Å². The van der Waals surface area contributed by atoms with E-state index in [1.165, 1.54) is 32.1 Å². The number of carboxylic acids is 1. The minimum Gasteiger partial charge on any atom is -0.476 e. The molecule has 1 aromatic heterocycles. The molecule has 0 aromatic carbocycles. The second kappa shape index (κ2) is 6.68. The number of carbonyl (C=O) groups is 1. The van der Waals surface area contributed by atoms with Gasteiger partial charge in [-0.05, 0) is 19.3 Å². The Morgan fingerprint density at radius 2 is 2.05 bits per heavy atom. The number of carboxylic acid groups (broad SMARTS) is 1. The van der Waals surface area contributed by atoms with Crippen LogP contribution in [0.5, 0.6) is 0 Å². The second-order valence-corrected chi connectivity index (χ2v) is 5.39. The number of unbranched alkanes of at least 4 members (excludes halogenated alkanes) is 4. The fourth-order valence-electron chi connectivity index (χ4n) is 2.59. The predicted molar refractivity (Wildman–Crippen MR) is 72.3 cm³/mol. The monoisotopic (exact) mass is 265 g/mol. The summed E-state index contributed by atoms with van der Waals surface area (Å²) in [4.78, 5) is 11.2. The topological polar surface area (TPSA) is 68.0 Å². The van der Waals surface area contributed by atoms with E-state index in [2.05, 4.69) is 17.2 Å². The lowest BCUT2D eigenvalue weighted by molar-refractivity contribution is 0.0687. The van der Waals surface area contributed by atoms with Gasteiger partial charge in [0.05, 0.1) is 5.69 Å². The quantitative estimate of drug-likeness (QED) is 0.733. The number of hydrogen-bond donors (Lipinski definition) is 1. The molecule has 106 valence electrons. The molecule has 19 heavy (non-hydrogen) atoms. The van der Waals surface area contributed by atoms with E-state index in [-0.39, 0.29) is 5.69 Å². The maximum Gasteiger partial charge on any atom is 0.358 e. The highest BCUT2D eigenvalue weighted by molar-refractivity contribution is 5.86. The molecule has 1 aliphatic carbocycles. The maximum absolute atomic E-state index is 11.2. The summed E-state index contributed by atoms with van der Waals surface area (Å²) in [6.45, 7) is 3.00. The Morgan fingerprint density at radius 1 is 1.32 bits per heavy atom. The first-order valence-corrected chi connectivity index (χ1v) is 7.40. The van der Waals surface area contributed by atoms with Gasteiger partial charge >= 0.3 is 5.97 Å². The van der Waals surface area contributed by atoms with Gasteiger partial charge in [0, 0.05) is 12.5 Å². The highest BCUT2D eigenvalue weighted by Crippen LogP contribution is 2.37. The first-order chi connectivity index (χ1) is 9.24. The maximum atomic E-state index is 11.2. The highest BCUT2D eigenvalue weighted by atomic mass is 16.4. The molecule has 1 N–H and O–H groups in total. The van der Waals surface area contributed by atoms with Gasteiger partial charge in [0.15, 0.2) is 5.69 Å². The number of rotatable bonds is 8. The predicted octanol–water partition coefficient (Wildman–Crippen LogP) is 3.21. The smallest absolute Gasteiger partial charge is 0.358 e. The molecule has 1 fully saturated rings. The van der Waals surface area contributed by atoms with E-state index in [1.54, 1.807) is 0 Å². The van der Waals surface area contributed by atoms with E-state index in [9.17, 15) is 9.90 Å². The third kappa shape index (κ3) is 3.33. The number of hydrogen-bond acceptors (Lipinski definition) is 3. The van der Waals surface area contributed by atoms with Gasteiger partial charge in [-0.2, -0.15) is 0 Å². The summed E-state index contributed by atoms with van der Waals surface area (Å²) in [5, 5.41) is 17.1. The summed E-state index contributed by atoms with van der Waals surface area (Å²) in [5.41, 5.74) is 1.02. The van der Waals surface area contributed by atoms with Gasteiger partial charge in [-0.15, -0.1) is 5.10 Å². The summed E-state index contributed by atoms with van der Waals surface area (Å²) in [5.74, 6) is -0.587. The third-order valence-electron chi connectivity index (χ3n) is 3.94. The van der Waals surface area contributed by atoms with Gasteiger partial charge in [-0.25, -0.2) is 9.48 Å². The van der Waals surface area contributed by atoms with E-state index in [0.29, 0.717) is 5.92 Å². The van der Waals surface area contributed by atoms with Crippen LogP contribution in [0.1, 0.15) is 80.4 Å². The molecule has 0 atom stereocenters. The van der Waals surface area contributed by atoms with E-state index >= 15 is 0 Å². The molecule has 1 heterocycles. The van der Waals surface area contributed by atoms with Crippen molar-refractivity contribution < 1.29 is 9.90 Å². The zero-order chi connectivity index (χ0) is 13.7. The summed E-state index contributed by atoms with van der Waals surface area (Å²) in [6.07, 6.45) is 9.32. The third-order valence-corrected chi connectivity index (χ3v) is 3.94. The van der Waals surface area contributed by atoms with Gasteiger partial charge in [0.2, 0.25) is 0 Å². The van der Waals surface area contributed by atoms with E-state index in [0.717, 1.165) is 31.5 Å². The number of nitrogens with zero attached hydrogens (tertiary/aromatic N) is 3. The van der Waals surface area contributed by atoms with Gasteiger partial charge < -0.3 is 5.11 Å². The average Bonchev–Trinajstić information content (AvgIpc) is 2.71. The molecule has 0 aliphatic heterocycles. The standard InChI is InChI=1S/C14H23N3O2/c1-2-3-4-5-6-10-17-13(11-8-7-9-11)12(14(18)19)15-16-17/h11H,2-10H2,1H3,(H,18,19). The average molecular weight is 265 g/mol. The van der Waals surface area contributed by atoms with E-state index in [4.69, 9.17) is 0 Å². The van der Waals surface area contributed by atoms with Crippen molar-refractivity contribution in [3.63, 3.8) is 0 Å². The molecule has 0 radical (unpaired) electrons. The Bertz CT molecular complexity index is 424. The van der Waals surface area contributed by atoms with Crippen LogP contribution in [-0.4, -0.2) is 26.1 Å². The Morgan fingerprint density at radius 3 is 2.63 bits per heavy atom. The molecule has 1 aromatic rings. The Balaban J connectivity index is 1.97. The van der Waals surface area contributed by atoms with Crippen LogP contribution < -0.4 is 0 Å². The minimum atomic E-state index is -0.945. The zero-order valence-electron chi connectivity index (χ0n) is 11.6. The molecule has 2 rings (SSSR count).